The summed E-state index contributed by atoms with van der Waals surface area (Å²) in [6, 6.07) is 0.421. The van der Waals surface area contributed by atoms with Gasteiger partial charge in [0.15, 0.2) is 0 Å². The molecule has 0 saturated carbocycles. The van der Waals surface area contributed by atoms with Crippen molar-refractivity contribution in [2.45, 2.75) is 82.2 Å². The first-order valence-corrected chi connectivity index (χ1v) is 12.6. The van der Waals surface area contributed by atoms with Crippen LogP contribution in [0, 0.1) is 0 Å². The average molecular weight is 438 g/mol. The van der Waals surface area contributed by atoms with Gasteiger partial charge in [-0.2, -0.15) is 0 Å². The minimum absolute atomic E-state index is 0.0514. The molecule has 0 aliphatic carbocycles. The first-order valence-electron chi connectivity index (χ1n) is 10.9. The summed E-state index contributed by atoms with van der Waals surface area (Å²) in [6.45, 7) is 10.4. The molecule has 0 bridgehead atoms. The zero-order chi connectivity index (χ0) is 22.0. The van der Waals surface area contributed by atoms with E-state index in [1.165, 1.54) is 25.2 Å². The molecule has 3 rings (SSSR count). The lowest BCUT2D eigenvalue weighted by Gasteiger charge is -2.35. The van der Waals surface area contributed by atoms with Crippen molar-refractivity contribution < 1.29 is 17.7 Å². The Morgan fingerprint density at radius 3 is 2.40 bits per heavy atom. The molecule has 0 spiro atoms. The predicted molar refractivity (Wildman–Crippen MR) is 117 cm³/mol. The van der Waals surface area contributed by atoms with Gasteiger partial charge in [-0.1, -0.05) is 6.42 Å². The Morgan fingerprint density at radius 1 is 1.17 bits per heavy atom. The van der Waals surface area contributed by atoms with Gasteiger partial charge in [-0.05, 0) is 59.9 Å². The number of aromatic nitrogens is 2. The minimum atomic E-state index is -3.52. The number of hydrogen-bond acceptors (Lipinski definition) is 8. The van der Waals surface area contributed by atoms with Crippen LogP contribution in [0.25, 0.3) is 0 Å². The molecule has 2 saturated heterocycles. The Hall–Kier alpha value is -1.07. The average Bonchev–Trinajstić information content (AvgIpc) is 2.91. The van der Waals surface area contributed by atoms with E-state index in [-0.39, 0.29) is 10.9 Å². The van der Waals surface area contributed by atoms with Crippen LogP contribution in [0.5, 0.6) is 0 Å². The molecular weight excluding hydrogens is 403 g/mol. The zero-order valence-electron chi connectivity index (χ0n) is 18.6. The molecule has 0 aromatic carbocycles. The third-order valence-corrected chi connectivity index (χ3v) is 8.16. The Bertz CT molecular complexity index is 799. The van der Waals surface area contributed by atoms with Crippen LogP contribution in [0.1, 0.15) is 59.8 Å². The van der Waals surface area contributed by atoms with E-state index < -0.39 is 28.2 Å². The van der Waals surface area contributed by atoms with Crippen LogP contribution in [-0.2, 0) is 19.1 Å². The first kappa shape index (κ1) is 23.6. The number of piperidine rings is 1. The van der Waals surface area contributed by atoms with Gasteiger partial charge in [-0.15, -0.1) is 0 Å². The maximum Gasteiger partial charge on any atom is 0.498 e. The highest BCUT2D eigenvalue weighted by Gasteiger charge is 2.52. The quantitative estimate of drug-likeness (QED) is 0.476. The van der Waals surface area contributed by atoms with Gasteiger partial charge in [0, 0.05) is 37.0 Å². The summed E-state index contributed by atoms with van der Waals surface area (Å²) in [7, 11) is -4.13. The molecule has 8 nitrogen and oxygen atoms in total. The van der Waals surface area contributed by atoms with Gasteiger partial charge in [0.2, 0.25) is 15.0 Å². The number of nitrogens with zero attached hydrogens (tertiary/aromatic N) is 3. The molecule has 0 radical (unpaired) electrons. The van der Waals surface area contributed by atoms with Crippen molar-refractivity contribution in [1.29, 1.82) is 0 Å². The molecule has 30 heavy (non-hydrogen) atoms. The molecule has 10 heteroatoms. The lowest BCUT2D eigenvalue weighted by atomic mass is 9.81. The molecular formula is C20H35BN4O4S. The van der Waals surface area contributed by atoms with E-state index in [1.807, 2.05) is 27.7 Å². The van der Waals surface area contributed by atoms with E-state index >= 15 is 0 Å². The summed E-state index contributed by atoms with van der Waals surface area (Å²) in [5, 5.41) is -0.134. The van der Waals surface area contributed by atoms with Crippen LogP contribution >= 0.6 is 0 Å². The number of likely N-dealkylation sites (tertiary alicyclic amines) is 1. The monoisotopic (exact) mass is 438 g/mol. The summed E-state index contributed by atoms with van der Waals surface area (Å²) in [5.41, 5.74) is 5.38. The summed E-state index contributed by atoms with van der Waals surface area (Å²) in [6.07, 6.45) is 7.93. The van der Waals surface area contributed by atoms with Crippen LogP contribution in [0.2, 0.25) is 0 Å². The summed E-state index contributed by atoms with van der Waals surface area (Å²) in [5.74, 6) is 0.0514. The molecule has 3 heterocycles. The van der Waals surface area contributed by atoms with Crippen molar-refractivity contribution in [3.8, 4) is 0 Å². The van der Waals surface area contributed by atoms with Gasteiger partial charge in [0.25, 0.3) is 0 Å². The fourth-order valence-electron chi connectivity index (χ4n) is 4.04. The summed E-state index contributed by atoms with van der Waals surface area (Å²) in [4.78, 5) is 10.6. The normalized spacial score (nSPS) is 24.3. The minimum Gasteiger partial charge on any atom is -0.399 e. The zero-order valence-corrected chi connectivity index (χ0v) is 19.5. The highest BCUT2D eigenvalue weighted by Crippen LogP contribution is 2.36. The fourth-order valence-corrected chi connectivity index (χ4v) is 5.19. The van der Waals surface area contributed by atoms with E-state index in [4.69, 9.17) is 15.0 Å². The molecule has 0 unspecified atom stereocenters. The number of sulfone groups is 1. The lowest BCUT2D eigenvalue weighted by molar-refractivity contribution is 0.00578. The highest BCUT2D eigenvalue weighted by molar-refractivity contribution is 7.91. The molecule has 1 atom stereocenters. The van der Waals surface area contributed by atoms with Gasteiger partial charge in [-0.3, -0.25) is 4.90 Å². The van der Waals surface area contributed by atoms with Crippen molar-refractivity contribution in [3.63, 3.8) is 0 Å². The van der Waals surface area contributed by atoms with Crippen molar-refractivity contribution in [2.24, 2.45) is 5.73 Å². The maximum atomic E-state index is 12.7. The topological polar surface area (TPSA) is 108 Å². The lowest BCUT2D eigenvalue weighted by Crippen LogP contribution is -2.42. The largest absolute Gasteiger partial charge is 0.498 e. The van der Waals surface area contributed by atoms with E-state index in [0.717, 1.165) is 25.9 Å². The Balaban J connectivity index is 1.58. The summed E-state index contributed by atoms with van der Waals surface area (Å²) < 4.78 is 37.3. The highest BCUT2D eigenvalue weighted by atomic mass is 32.2. The summed E-state index contributed by atoms with van der Waals surface area (Å²) >= 11 is 0. The second-order valence-electron chi connectivity index (χ2n) is 9.32. The van der Waals surface area contributed by atoms with Crippen molar-refractivity contribution >= 4 is 22.4 Å². The van der Waals surface area contributed by atoms with Crippen molar-refractivity contribution in [1.82, 2.24) is 14.9 Å². The van der Waals surface area contributed by atoms with Gasteiger partial charge < -0.3 is 15.0 Å². The molecule has 1 aromatic rings. The molecule has 1 aromatic heterocycles. The van der Waals surface area contributed by atoms with Gasteiger partial charge in [0.1, 0.15) is 0 Å². The van der Waals surface area contributed by atoms with Crippen LogP contribution < -0.4 is 11.2 Å². The van der Waals surface area contributed by atoms with Gasteiger partial charge in [0.05, 0.1) is 17.0 Å². The molecule has 2 aliphatic heterocycles. The third-order valence-electron chi connectivity index (χ3n) is 6.57. The van der Waals surface area contributed by atoms with Crippen LogP contribution in [0.4, 0.5) is 0 Å². The third kappa shape index (κ3) is 5.22. The molecule has 2 fully saturated rings. The molecule has 168 valence electrons. The fraction of sp³-hybridized carbons (Fsp3) is 0.800. The second kappa shape index (κ2) is 9.20. The van der Waals surface area contributed by atoms with E-state index in [2.05, 4.69) is 14.9 Å². The molecule has 2 N–H and O–H groups in total. The van der Waals surface area contributed by atoms with Crippen LogP contribution in [-0.4, -0.2) is 73.0 Å². The predicted octanol–water partition coefficient (Wildman–Crippen LogP) is 1.14. The number of nitrogens with two attached hydrogens (primary N) is 1. The molecule has 0 amide bonds. The number of hydrogen-bond donors (Lipinski definition) is 1. The first-order chi connectivity index (χ1) is 14.1. The maximum absolute atomic E-state index is 12.7. The smallest absolute Gasteiger partial charge is 0.399 e. The van der Waals surface area contributed by atoms with Gasteiger partial charge >= 0.3 is 7.12 Å². The van der Waals surface area contributed by atoms with Crippen LogP contribution in [0.15, 0.2) is 17.6 Å². The Labute approximate surface area is 181 Å². The Kier molecular flexibility index (Phi) is 7.24. The van der Waals surface area contributed by atoms with Crippen LogP contribution in [0.3, 0.4) is 0 Å². The van der Waals surface area contributed by atoms with Gasteiger partial charge in [-0.25, -0.2) is 18.4 Å². The van der Waals surface area contributed by atoms with E-state index in [0.29, 0.717) is 24.5 Å². The Morgan fingerprint density at radius 2 is 1.80 bits per heavy atom. The van der Waals surface area contributed by atoms with E-state index in [9.17, 15) is 8.42 Å². The number of rotatable bonds is 8. The standard InChI is InChI=1S/C20H35BN4O4S/c1-19(2)20(3,4)29-21(28-19)16-14-23-18(24-15-16)30(26,27)13-7-9-17-8-5-6-11-25(17)12-10-22/h14-15,17H,5-13,22H2,1-4H3/t17-/m1/s1. The van der Waals surface area contributed by atoms with Crippen molar-refractivity contribution in [3.05, 3.63) is 12.4 Å². The SMILES string of the molecule is CC1(C)OB(c2cnc(S(=O)(=O)CCC[C@H]3CCCCN3CCN)nc2)OC1(C)C. The molecule has 2 aliphatic rings. The van der Waals surface area contributed by atoms with Crippen molar-refractivity contribution in [2.75, 3.05) is 25.4 Å². The second-order valence-corrected chi connectivity index (χ2v) is 11.3. The van der Waals surface area contributed by atoms with E-state index in [1.54, 1.807) is 0 Å².